The Morgan fingerprint density at radius 1 is 1.10 bits per heavy atom. The number of pyridine rings is 1. The molecule has 0 aliphatic carbocycles. The SMILES string of the molecule is C=CCCOc1cc(F)ccc1CNC(=O)c1cn(NC(=O)OC(C)(C)C)c(C(=O)O)c(OCc2ccccc2)c1=O. The third kappa shape index (κ3) is 8.68. The topological polar surface area (TPSA) is 145 Å². The molecule has 0 spiro atoms. The summed E-state index contributed by atoms with van der Waals surface area (Å²) in [4.78, 5) is 51.5. The molecule has 0 atom stereocenters. The molecule has 11 nitrogen and oxygen atoms in total. The van der Waals surface area contributed by atoms with E-state index in [1.807, 2.05) is 0 Å². The fourth-order valence-electron chi connectivity index (χ4n) is 3.64. The van der Waals surface area contributed by atoms with Crippen molar-refractivity contribution in [3.63, 3.8) is 0 Å². The zero-order valence-corrected chi connectivity index (χ0v) is 23.4. The van der Waals surface area contributed by atoms with E-state index in [0.717, 1.165) is 6.20 Å². The van der Waals surface area contributed by atoms with Crippen LogP contribution in [0.4, 0.5) is 9.18 Å². The van der Waals surface area contributed by atoms with Crippen LogP contribution in [-0.4, -0.2) is 40.0 Å². The number of benzene rings is 2. The van der Waals surface area contributed by atoms with Gasteiger partial charge in [-0.25, -0.2) is 24.1 Å². The minimum atomic E-state index is -1.61. The molecular formula is C30H32FN3O8. The van der Waals surface area contributed by atoms with Gasteiger partial charge in [0.15, 0.2) is 5.69 Å². The number of amides is 2. The van der Waals surface area contributed by atoms with Crippen LogP contribution < -0.4 is 25.6 Å². The number of nitrogens with one attached hydrogen (secondary N) is 2. The number of aromatic nitrogens is 1. The molecule has 0 aliphatic rings. The average Bonchev–Trinajstić information content (AvgIpc) is 2.91. The first-order valence-corrected chi connectivity index (χ1v) is 12.9. The molecule has 2 aromatic carbocycles. The number of carboxylic acid groups (broad SMARTS) is 1. The van der Waals surface area contributed by atoms with Gasteiger partial charge in [0.25, 0.3) is 5.91 Å². The second-order valence-corrected chi connectivity index (χ2v) is 9.97. The molecule has 0 saturated heterocycles. The third-order valence-electron chi connectivity index (χ3n) is 5.50. The Hall–Kier alpha value is -5.13. The standard InChI is InChI=1S/C30H32FN3O8/c1-5-6-14-40-23-15-21(31)13-12-20(23)16-32-27(36)22-17-34(33-29(39)42-30(2,3)4)24(28(37)38)26(25(22)35)41-18-19-10-8-7-9-11-19/h5,7-13,15,17H,1,6,14,16,18H2,2-4H3,(H,32,36)(H,33,39)(H,37,38). The van der Waals surface area contributed by atoms with Gasteiger partial charge in [0.1, 0.15) is 29.3 Å². The zero-order valence-electron chi connectivity index (χ0n) is 23.4. The smallest absolute Gasteiger partial charge is 0.426 e. The van der Waals surface area contributed by atoms with Crippen LogP contribution in [0.1, 0.15) is 59.2 Å². The molecule has 3 rings (SSSR count). The number of carbonyl (C=O) groups is 3. The number of halogens is 1. The summed E-state index contributed by atoms with van der Waals surface area (Å²) in [5.74, 6) is -3.55. The van der Waals surface area contributed by atoms with E-state index in [1.165, 1.54) is 18.2 Å². The molecule has 222 valence electrons. The molecule has 1 heterocycles. The average molecular weight is 582 g/mol. The van der Waals surface area contributed by atoms with Gasteiger partial charge in [-0.3, -0.25) is 9.59 Å². The Labute approximate surface area is 241 Å². The molecule has 0 radical (unpaired) electrons. The lowest BCUT2D eigenvalue weighted by atomic mass is 10.1. The molecule has 0 bridgehead atoms. The van der Waals surface area contributed by atoms with Gasteiger partial charge in [-0.15, -0.1) is 6.58 Å². The predicted octanol–water partition coefficient (Wildman–Crippen LogP) is 4.63. The Morgan fingerprint density at radius 3 is 2.45 bits per heavy atom. The van der Waals surface area contributed by atoms with Crippen molar-refractivity contribution in [2.24, 2.45) is 0 Å². The van der Waals surface area contributed by atoms with Crippen LogP contribution in [0.15, 0.2) is 72.2 Å². The van der Waals surface area contributed by atoms with Crippen molar-refractivity contribution in [1.29, 1.82) is 0 Å². The summed E-state index contributed by atoms with van der Waals surface area (Å²) in [5, 5.41) is 12.5. The maximum atomic E-state index is 13.8. The van der Waals surface area contributed by atoms with E-state index in [4.69, 9.17) is 14.2 Å². The lowest BCUT2D eigenvalue weighted by Crippen LogP contribution is -2.37. The van der Waals surface area contributed by atoms with E-state index in [2.05, 4.69) is 17.3 Å². The van der Waals surface area contributed by atoms with Crippen LogP contribution in [0.3, 0.4) is 0 Å². The summed E-state index contributed by atoms with van der Waals surface area (Å²) in [6, 6.07) is 12.4. The minimum Gasteiger partial charge on any atom is -0.493 e. The van der Waals surface area contributed by atoms with Crippen molar-refractivity contribution in [1.82, 2.24) is 9.99 Å². The number of hydrogen-bond acceptors (Lipinski definition) is 7. The Balaban J connectivity index is 1.99. The lowest BCUT2D eigenvalue weighted by Gasteiger charge is -2.22. The van der Waals surface area contributed by atoms with Gasteiger partial charge in [0, 0.05) is 24.4 Å². The van der Waals surface area contributed by atoms with E-state index in [-0.39, 0.29) is 25.5 Å². The first-order valence-electron chi connectivity index (χ1n) is 12.9. The number of nitrogens with zero attached hydrogens (tertiary/aromatic N) is 1. The molecule has 2 amide bonds. The van der Waals surface area contributed by atoms with Crippen molar-refractivity contribution in [2.75, 3.05) is 12.0 Å². The number of hydrogen-bond donors (Lipinski definition) is 3. The van der Waals surface area contributed by atoms with E-state index in [9.17, 15) is 28.7 Å². The maximum Gasteiger partial charge on any atom is 0.426 e. The number of carboxylic acids is 1. The molecule has 1 aromatic heterocycles. The van der Waals surface area contributed by atoms with Gasteiger partial charge in [0.05, 0.1) is 6.61 Å². The second kappa shape index (κ2) is 14.0. The normalized spacial score (nSPS) is 10.9. The quantitative estimate of drug-likeness (QED) is 0.207. The van der Waals surface area contributed by atoms with Crippen molar-refractivity contribution in [3.8, 4) is 11.5 Å². The molecule has 0 fully saturated rings. The summed E-state index contributed by atoms with van der Waals surface area (Å²) in [6.45, 7) is 8.29. The molecular weight excluding hydrogens is 549 g/mol. The molecule has 0 unspecified atom stereocenters. The second-order valence-electron chi connectivity index (χ2n) is 9.97. The summed E-state index contributed by atoms with van der Waals surface area (Å²) < 4.78 is 30.9. The highest BCUT2D eigenvalue weighted by Crippen LogP contribution is 2.21. The molecule has 3 aromatic rings. The van der Waals surface area contributed by atoms with Crippen molar-refractivity contribution >= 4 is 18.0 Å². The van der Waals surface area contributed by atoms with Crippen molar-refractivity contribution in [3.05, 3.63) is 106 Å². The first kappa shape index (κ1) is 31.4. The number of aromatic carboxylic acids is 1. The molecule has 0 aliphatic heterocycles. The zero-order chi connectivity index (χ0) is 30.9. The van der Waals surface area contributed by atoms with Crippen LogP contribution in [0, 0.1) is 5.82 Å². The fourth-order valence-corrected chi connectivity index (χ4v) is 3.64. The predicted molar refractivity (Wildman–Crippen MR) is 152 cm³/mol. The summed E-state index contributed by atoms with van der Waals surface area (Å²) in [7, 11) is 0. The Kier molecular flexibility index (Phi) is 10.4. The molecule has 0 saturated carbocycles. The Bertz CT molecular complexity index is 1510. The highest BCUT2D eigenvalue weighted by Gasteiger charge is 2.28. The minimum absolute atomic E-state index is 0.164. The summed E-state index contributed by atoms with van der Waals surface area (Å²) in [5.41, 5.74) is 0.0607. The first-order chi connectivity index (χ1) is 19.9. The molecule has 12 heteroatoms. The lowest BCUT2D eigenvalue weighted by molar-refractivity contribution is 0.0607. The highest BCUT2D eigenvalue weighted by molar-refractivity contribution is 5.97. The summed E-state index contributed by atoms with van der Waals surface area (Å²) in [6.07, 6.45) is 1.97. The van der Waals surface area contributed by atoms with E-state index < -0.39 is 51.8 Å². The van der Waals surface area contributed by atoms with E-state index >= 15 is 0 Å². The van der Waals surface area contributed by atoms with Gasteiger partial charge in [-0.2, -0.15) is 0 Å². The van der Waals surface area contributed by atoms with Crippen LogP contribution in [-0.2, 0) is 17.9 Å². The van der Waals surface area contributed by atoms with Crippen LogP contribution >= 0.6 is 0 Å². The number of ether oxygens (including phenoxy) is 3. The Morgan fingerprint density at radius 2 is 1.81 bits per heavy atom. The van der Waals surface area contributed by atoms with Crippen LogP contribution in [0.2, 0.25) is 0 Å². The van der Waals surface area contributed by atoms with Gasteiger partial charge < -0.3 is 24.6 Å². The van der Waals surface area contributed by atoms with Gasteiger partial charge in [-0.05, 0) is 38.8 Å². The maximum absolute atomic E-state index is 13.8. The van der Waals surface area contributed by atoms with Crippen molar-refractivity contribution < 1.29 is 38.1 Å². The highest BCUT2D eigenvalue weighted by atomic mass is 19.1. The van der Waals surface area contributed by atoms with E-state index in [1.54, 1.807) is 57.2 Å². The van der Waals surface area contributed by atoms with Crippen molar-refractivity contribution in [2.45, 2.75) is 45.9 Å². The van der Waals surface area contributed by atoms with Gasteiger partial charge in [-0.1, -0.05) is 42.5 Å². The largest absolute Gasteiger partial charge is 0.493 e. The summed E-state index contributed by atoms with van der Waals surface area (Å²) >= 11 is 0. The monoisotopic (exact) mass is 581 g/mol. The molecule has 42 heavy (non-hydrogen) atoms. The van der Waals surface area contributed by atoms with Gasteiger partial charge in [0.2, 0.25) is 11.2 Å². The third-order valence-corrected chi connectivity index (χ3v) is 5.50. The van der Waals surface area contributed by atoms with Crippen LogP contribution in [0.5, 0.6) is 11.5 Å². The van der Waals surface area contributed by atoms with E-state index in [0.29, 0.717) is 22.2 Å². The van der Waals surface area contributed by atoms with Crippen LogP contribution in [0.25, 0.3) is 0 Å². The fraction of sp³-hybridized carbons (Fsp3) is 0.267. The molecule has 3 N–H and O–H groups in total. The van der Waals surface area contributed by atoms with Gasteiger partial charge >= 0.3 is 12.1 Å². The number of rotatable bonds is 12. The number of carbonyl (C=O) groups excluding carboxylic acids is 2.